The van der Waals surface area contributed by atoms with E-state index in [9.17, 15) is 9.59 Å². The molecule has 0 fully saturated rings. The van der Waals surface area contributed by atoms with Crippen molar-refractivity contribution in [1.29, 1.82) is 0 Å². The van der Waals surface area contributed by atoms with Crippen molar-refractivity contribution in [3.63, 3.8) is 0 Å². The Hall–Kier alpha value is -1.64. The molecule has 3 heteroatoms. The van der Waals surface area contributed by atoms with Crippen molar-refractivity contribution in [1.82, 2.24) is 0 Å². The quantitative estimate of drug-likeness (QED) is 0.609. The van der Waals surface area contributed by atoms with Gasteiger partial charge in [-0.05, 0) is 6.07 Å². The number of carbonyl (C=O) groups is 1. The summed E-state index contributed by atoms with van der Waals surface area (Å²) in [6, 6.07) is 6.35. The Morgan fingerprint density at radius 1 is 1.42 bits per heavy atom. The average Bonchev–Trinajstić information content (AvgIpc) is 2.16. The third-order valence-electron chi connectivity index (χ3n) is 1.44. The fourth-order valence-electron chi connectivity index (χ4n) is 0.860. The average molecular weight is 163 g/mol. The lowest BCUT2D eigenvalue weighted by Gasteiger charge is -1.99. The molecule has 3 nitrogen and oxygen atoms in total. The first-order chi connectivity index (χ1) is 5.79. The van der Waals surface area contributed by atoms with Gasteiger partial charge in [-0.25, -0.2) is 4.79 Å². The lowest BCUT2D eigenvalue weighted by Crippen LogP contribution is -2.04. The molecule has 0 aliphatic carbocycles. The van der Waals surface area contributed by atoms with Gasteiger partial charge in [-0.3, -0.25) is 4.79 Å². The van der Waals surface area contributed by atoms with Gasteiger partial charge in [-0.2, -0.15) is 0 Å². The molecule has 1 radical (unpaired) electrons. The van der Waals surface area contributed by atoms with Crippen LogP contribution in [0.1, 0.15) is 15.9 Å². The highest BCUT2D eigenvalue weighted by atomic mass is 16.5. The smallest absolute Gasteiger partial charge is 0.338 e. The maximum Gasteiger partial charge on any atom is 0.338 e. The van der Waals surface area contributed by atoms with E-state index < -0.39 is 5.97 Å². The van der Waals surface area contributed by atoms with E-state index in [1.807, 2.05) is 0 Å². The van der Waals surface area contributed by atoms with Crippen molar-refractivity contribution < 1.29 is 14.3 Å². The number of rotatable bonds is 2. The van der Waals surface area contributed by atoms with Crippen LogP contribution in [-0.4, -0.2) is 19.4 Å². The number of carbonyl (C=O) groups excluding carboxylic acids is 2. The second-order valence-corrected chi connectivity index (χ2v) is 2.14. The third-order valence-corrected chi connectivity index (χ3v) is 1.44. The Balaban J connectivity index is 3.13. The van der Waals surface area contributed by atoms with Gasteiger partial charge in [0.15, 0.2) is 0 Å². The highest BCUT2D eigenvalue weighted by Crippen LogP contribution is 2.06. The zero-order valence-corrected chi connectivity index (χ0v) is 6.53. The number of hydrogen-bond acceptors (Lipinski definition) is 3. The van der Waals surface area contributed by atoms with Crippen LogP contribution in [0.15, 0.2) is 24.3 Å². The molecule has 0 saturated heterocycles. The molecule has 0 aliphatic rings. The van der Waals surface area contributed by atoms with Crippen molar-refractivity contribution in [3.8, 4) is 0 Å². The number of hydrogen-bond donors (Lipinski definition) is 0. The van der Waals surface area contributed by atoms with Crippen LogP contribution in [0, 0.1) is 0 Å². The van der Waals surface area contributed by atoms with Gasteiger partial charge in [0.1, 0.15) is 0 Å². The second-order valence-electron chi connectivity index (χ2n) is 2.14. The Bertz CT molecular complexity index is 304. The van der Waals surface area contributed by atoms with Crippen LogP contribution in [0.2, 0.25) is 0 Å². The van der Waals surface area contributed by atoms with Gasteiger partial charge in [0.25, 0.3) is 0 Å². The Kier molecular flexibility index (Phi) is 2.58. The first-order valence-corrected chi connectivity index (χ1v) is 3.35. The fraction of sp³-hybridized carbons (Fsp3) is 0.111. The largest absolute Gasteiger partial charge is 0.465 e. The van der Waals surface area contributed by atoms with E-state index in [0.29, 0.717) is 0 Å². The molecular weight excluding hydrogens is 156 g/mol. The van der Waals surface area contributed by atoms with E-state index in [-0.39, 0.29) is 11.1 Å². The van der Waals surface area contributed by atoms with E-state index in [0.717, 1.165) is 0 Å². The summed E-state index contributed by atoms with van der Waals surface area (Å²) in [4.78, 5) is 21.3. The van der Waals surface area contributed by atoms with Crippen molar-refractivity contribution in [3.05, 3.63) is 35.4 Å². The summed E-state index contributed by atoms with van der Waals surface area (Å²) < 4.78 is 4.46. The van der Waals surface area contributed by atoms with Gasteiger partial charge in [0, 0.05) is 5.56 Å². The van der Waals surface area contributed by atoms with E-state index in [1.165, 1.54) is 19.2 Å². The van der Waals surface area contributed by atoms with Crippen LogP contribution in [0.3, 0.4) is 0 Å². The maximum absolute atomic E-state index is 11.0. The molecule has 12 heavy (non-hydrogen) atoms. The highest BCUT2D eigenvalue weighted by molar-refractivity contribution is 5.98. The molecule has 1 rings (SSSR count). The van der Waals surface area contributed by atoms with Crippen LogP contribution in [-0.2, 0) is 9.53 Å². The molecule has 0 atom stereocenters. The van der Waals surface area contributed by atoms with E-state index in [2.05, 4.69) is 4.74 Å². The minimum Gasteiger partial charge on any atom is -0.465 e. The van der Waals surface area contributed by atoms with Crippen LogP contribution >= 0.6 is 0 Å². The van der Waals surface area contributed by atoms with Crippen LogP contribution in [0.25, 0.3) is 0 Å². The summed E-state index contributed by atoms with van der Waals surface area (Å²) in [5, 5.41) is 0. The summed E-state index contributed by atoms with van der Waals surface area (Å²) in [5.41, 5.74) is 0.472. The molecule has 61 valence electrons. The van der Waals surface area contributed by atoms with Crippen molar-refractivity contribution in [2.75, 3.05) is 7.11 Å². The first-order valence-electron chi connectivity index (χ1n) is 3.35. The monoisotopic (exact) mass is 163 g/mol. The molecule has 0 aromatic heterocycles. The summed E-state index contributed by atoms with van der Waals surface area (Å²) in [7, 11) is 1.27. The molecule has 0 saturated carbocycles. The molecule has 0 spiro atoms. The Morgan fingerprint density at radius 3 is 2.67 bits per heavy atom. The lowest BCUT2D eigenvalue weighted by atomic mass is 10.1. The van der Waals surface area contributed by atoms with E-state index >= 15 is 0 Å². The normalized spacial score (nSPS) is 9.08. The molecule has 0 heterocycles. The molecule has 0 N–H and O–H groups in total. The third kappa shape index (κ3) is 1.50. The van der Waals surface area contributed by atoms with E-state index in [4.69, 9.17) is 0 Å². The lowest BCUT2D eigenvalue weighted by molar-refractivity contribution is 0.0600. The molecule has 0 amide bonds. The number of benzene rings is 1. The van der Waals surface area contributed by atoms with Crippen LogP contribution < -0.4 is 0 Å². The highest BCUT2D eigenvalue weighted by Gasteiger charge is 2.09. The standard InChI is InChI=1S/C9H7O3/c1-12-9(11)8-5-3-2-4-7(8)6-10/h2-5H,1H3. The topological polar surface area (TPSA) is 43.4 Å². The summed E-state index contributed by atoms with van der Waals surface area (Å²) in [6.45, 7) is 0. The predicted octanol–water partition coefficient (Wildman–Crippen LogP) is 0.931. The zero-order valence-electron chi connectivity index (χ0n) is 6.53. The second kappa shape index (κ2) is 3.67. The zero-order chi connectivity index (χ0) is 8.97. The summed E-state index contributed by atoms with van der Waals surface area (Å²) in [6.07, 6.45) is 1.66. The minimum atomic E-state index is -0.519. The summed E-state index contributed by atoms with van der Waals surface area (Å²) >= 11 is 0. The van der Waals surface area contributed by atoms with Crippen molar-refractivity contribution in [2.24, 2.45) is 0 Å². The molecular formula is C9H7O3. The Morgan fingerprint density at radius 2 is 2.08 bits per heavy atom. The predicted molar refractivity (Wildman–Crippen MR) is 42.6 cm³/mol. The first kappa shape index (κ1) is 8.46. The van der Waals surface area contributed by atoms with Crippen molar-refractivity contribution >= 4 is 12.3 Å². The van der Waals surface area contributed by atoms with Crippen LogP contribution in [0.4, 0.5) is 0 Å². The van der Waals surface area contributed by atoms with Gasteiger partial charge in [-0.15, -0.1) is 0 Å². The minimum absolute atomic E-state index is 0.226. The molecule has 0 aliphatic heterocycles. The Labute approximate surface area is 70.0 Å². The molecule has 0 bridgehead atoms. The van der Waals surface area contributed by atoms with Gasteiger partial charge in [-0.1, -0.05) is 18.2 Å². The number of ether oxygens (including phenoxy) is 1. The van der Waals surface area contributed by atoms with Gasteiger partial charge >= 0.3 is 5.97 Å². The summed E-state index contributed by atoms with van der Waals surface area (Å²) in [5.74, 6) is -0.519. The number of methoxy groups -OCH3 is 1. The maximum atomic E-state index is 11.0. The van der Waals surface area contributed by atoms with Crippen LogP contribution in [0.5, 0.6) is 0 Å². The fourth-order valence-corrected chi connectivity index (χ4v) is 0.860. The van der Waals surface area contributed by atoms with Crippen molar-refractivity contribution in [2.45, 2.75) is 0 Å². The van der Waals surface area contributed by atoms with Gasteiger partial charge < -0.3 is 4.74 Å². The molecule has 1 aromatic rings. The number of esters is 1. The van der Waals surface area contributed by atoms with Gasteiger partial charge in [0.05, 0.1) is 12.7 Å². The van der Waals surface area contributed by atoms with Gasteiger partial charge in [0.2, 0.25) is 6.29 Å². The molecule has 1 aromatic carbocycles. The molecule has 0 unspecified atom stereocenters. The van der Waals surface area contributed by atoms with E-state index in [1.54, 1.807) is 18.4 Å². The SMILES string of the molecule is COC(=O)c1ccccc1[C]=O.